The van der Waals surface area contributed by atoms with Gasteiger partial charge in [-0.25, -0.2) is 9.67 Å². The van der Waals surface area contributed by atoms with E-state index in [1.54, 1.807) is 4.68 Å². The van der Waals surface area contributed by atoms with Gasteiger partial charge in [0.25, 0.3) is 0 Å². The molecule has 0 unspecified atom stereocenters. The van der Waals surface area contributed by atoms with Crippen molar-refractivity contribution in [2.75, 3.05) is 5.73 Å². The lowest BCUT2D eigenvalue weighted by atomic mass is 10.3. The van der Waals surface area contributed by atoms with Crippen LogP contribution in [0.3, 0.4) is 0 Å². The largest absolute Gasteiger partial charge is 0.374 e. The molecule has 2 heterocycles. The number of anilines is 1. The maximum atomic E-state index is 6.21. The summed E-state index contributed by atoms with van der Waals surface area (Å²) in [5.74, 6) is 1.43. The van der Waals surface area contributed by atoms with Gasteiger partial charge in [-0.2, -0.15) is 5.10 Å². The maximum absolute atomic E-state index is 6.21. The van der Waals surface area contributed by atoms with Crippen molar-refractivity contribution in [3.8, 4) is 5.69 Å². The number of aromatic nitrogens is 5. The fraction of sp³-hybridized carbons (Fsp3) is 0.167. The van der Waals surface area contributed by atoms with Crippen molar-refractivity contribution in [2.45, 2.75) is 13.3 Å². The van der Waals surface area contributed by atoms with Gasteiger partial charge in [0.05, 0.1) is 17.1 Å². The third-order valence-corrected chi connectivity index (χ3v) is 3.72. The Hall–Kier alpha value is -1.99. The van der Waals surface area contributed by atoms with E-state index >= 15 is 0 Å². The number of hydrogen-bond acceptors (Lipinski definition) is 6. The highest BCUT2D eigenvalue weighted by Crippen LogP contribution is 2.22. The van der Waals surface area contributed by atoms with Crippen LogP contribution in [0.15, 0.2) is 24.3 Å². The molecule has 102 valence electrons. The standard InChI is InChI=1S/C12H11ClN6S/c1-7-15-10(6-11-16-17-12(14)20-11)19(18-7)9-5-3-2-4-8(9)13/h2-5H,6H2,1H3,(H2,14,17). The molecule has 20 heavy (non-hydrogen) atoms. The molecule has 6 nitrogen and oxygen atoms in total. The van der Waals surface area contributed by atoms with E-state index < -0.39 is 0 Å². The van der Waals surface area contributed by atoms with E-state index in [0.717, 1.165) is 16.5 Å². The third kappa shape index (κ3) is 2.50. The zero-order valence-corrected chi connectivity index (χ0v) is 12.2. The number of nitrogen functional groups attached to an aromatic ring is 1. The molecule has 3 aromatic rings. The van der Waals surface area contributed by atoms with Crippen LogP contribution in [0, 0.1) is 6.92 Å². The van der Waals surface area contributed by atoms with Crippen LogP contribution in [0.1, 0.15) is 16.7 Å². The molecule has 0 saturated heterocycles. The lowest BCUT2D eigenvalue weighted by molar-refractivity contribution is 0.801. The average Bonchev–Trinajstić information content (AvgIpc) is 2.97. The van der Waals surface area contributed by atoms with Gasteiger partial charge in [-0.15, -0.1) is 10.2 Å². The van der Waals surface area contributed by atoms with E-state index in [9.17, 15) is 0 Å². The molecule has 0 fully saturated rings. The normalized spacial score (nSPS) is 10.9. The van der Waals surface area contributed by atoms with Crippen LogP contribution in [-0.2, 0) is 6.42 Å². The number of halogens is 1. The fourth-order valence-electron chi connectivity index (χ4n) is 1.86. The summed E-state index contributed by atoms with van der Waals surface area (Å²) in [5, 5.41) is 14.1. The minimum Gasteiger partial charge on any atom is -0.374 e. The van der Waals surface area contributed by atoms with Crippen LogP contribution in [-0.4, -0.2) is 25.0 Å². The van der Waals surface area contributed by atoms with Gasteiger partial charge in [0, 0.05) is 0 Å². The Bertz CT molecular complexity index is 750. The molecule has 0 saturated carbocycles. The highest BCUT2D eigenvalue weighted by atomic mass is 35.5. The Morgan fingerprint density at radius 3 is 2.80 bits per heavy atom. The summed E-state index contributed by atoms with van der Waals surface area (Å²) < 4.78 is 1.73. The van der Waals surface area contributed by atoms with E-state index in [-0.39, 0.29) is 0 Å². The number of nitrogens with zero attached hydrogens (tertiary/aromatic N) is 5. The Labute approximate surface area is 124 Å². The maximum Gasteiger partial charge on any atom is 0.203 e. The van der Waals surface area contributed by atoms with Gasteiger partial charge in [0.1, 0.15) is 16.7 Å². The van der Waals surface area contributed by atoms with Gasteiger partial charge in [0.15, 0.2) is 0 Å². The van der Waals surface area contributed by atoms with Gasteiger partial charge in [-0.05, 0) is 19.1 Å². The Kier molecular flexibility index (Phi) is 3.37. The molecule has 3 rings (SSSR count). The predicted molar refractivity (Wildman–Crippen MR) is 78.2 cm³/mol. The van der Waals surface area contributed by atoms with Gasteiger partial charge in [-0.1, -0.05) is 35.1 Å². The van der Waals surface area contributed by atoms with Gasteiger partial charge in [0.2, 0.25) is 5.13 Å². The van der Waals surface area contributed by atoms with Crippen molar-refractivity contribution in [3.05, 3.63) is 45.9 Å². The molecule has 8 heteroatoms. The molecule has 0 spiro atoms. The minimum atomic E-state index is 0.445. The minimum absolute atomic E-state index is 0.445. The van der Waals surface area contributed by atoms with Crippen molar-refractivity contribution in [2.24, 2.45) is 0 Å². The molecule has 0 radical (unpaired) electrons. The van der Waals surface area contributed by atoms with E-state index in [1.807, 2.05) is 31.2 Å². The predicted octanol–water partition coefficient (Wildman–Crippen LogP) is 2.25. The number of aryl methyl sites for hydroxylation is 1. The van der Waals surface area contributed by atoms with Crippen LogP contribution in [0.5, 0.6) is 0 Å². The van der Waals surface area contributed by atoms with E-state index in [4.69, 9.17) is 17.3 Å². The summed E-state index contributed by atoms with van der Waals surface area (Å²) in [7, 11) is 0. The van der Waals surface area contributed by atoms with Crippen molar-refractivity contribution in [1.82, 2.24) is 25.0 Å². The SMILES string of the molecule is Cc1nc(Cc2nnc(N)s2)n(-c2ccccc2Cl)n1. The van der Waals surface area contributed by atoms with Crippen molar-refractivity contribution >= 4 is 28.1 Å². The van der Waals surface area contributed by atoms with Crippen LogP contribution < -0.4 is 5.73 Å². The average molecular weight is 307 g/mol. The van der Waals surface area contributed by atoms with Gasteiger partial charge in [-0.3, -0.25) is 0 Å². The monoisotopic (exact) mass is 306 g/mol. The molecule has 2 N–H and O–H groups in total. The summed E-state index contributed by atoms with van der Waals surface area (Å²) in [4.78, 5) is 4.42. The smallest absolute Gasteiger partial charge is 0.203 e. The van der Waals surface area contributed by atoms with Crippen LogP contribution in [0.4, 0.5) is 5.13 Å². The first kappa shape index (κ1) is 13.0. The van der Waals surface area contributed by atoms with Crippen LogP contribution in [0.2, 0.25) is 5.02 Å². The van der Waals surface area contributed by atoms with E-state index in [2.05, 4.69) is 20.3 Å². The lowest BCUT2D eigenvalue weighted by Crippen LogP contribution is -2.04. The quantitative estimate of drug-likeness (QED) is 0.802. The lowest BCUT2D eigenvalue weighted by Gasteiger charge is -2.06. The van der Waals surface area contributed by atoms with Crippen molar-refractivity contribution in [3.63, 3.8) is 0 Å². The number of para-hydroxylation sites is 1. The van der Waals surface area contributed by atoms with Gasteiger partial charge >= 0.3 is 0 Å². The molecule has 1 aromatic carbocycles. The summed E-state index contributed by atoms with van der Waals surface area (Å²) in [6.45, 7) is 1.84. The second-order valence-electron chi connectivity index (χ2n) is 4.15. The summed E-state index contributed by atoms with van der Waals surface area (Å²) in [5.41, 5.74) is 6.39. The van der Waals surface area contributed by atoms with Gasteiger partial charge < -0.3 is 5.73 Å². The molecule has 0 aliphatic carbocycles. The Balaban J connectivity index is 2.02. The highest BCUT2D eigenvalue weighted by molar-refractivity contribution is 7.15. The Morgan fingerprint density at radius 2 is 2.10 bits per heavy atom. The number of nitrogens with two attached hydrogens (primary N) is 1. The summed E-state index contributed by atoms with van der Waals surface area (Å²) in [6, 6.07) is 7.50. The molecular weight excluding hydrogens is 296 g/mol. The fourth-order valence-corrected chi connectivity index (χ4v) is 2.68. The molecule has 0 bridgehead atoms. The summed E-state index contributed by atoms with van der Waals surface area (Å²) >= 11 is 7.55. The molecule has 0 aliphatic heterocycles. The number of rotatable bonds is 3. The molecule has 0 atom stereocenters. The molecule has 0 amide bonds. The summed E-state index contributed by atoms with van der Waals surface area (Å²) in [6.07, 6.45) is 0.515. The number of benzene rings is 1. The second kappa shape index (κ2) is 5.18. The first-order valence-electron chi connectivity index (χ1n) is 5.89. The van der Waals surface area contributed by atoms with E-state index in [1.165, 1.54) is 11.3 Å². The first-order valence-corrected chi connectivity index (χ1v) is 7.08. The van der Waals surface area contributed by atoms with Crippen LogP contribution in [0.25, 0.3) is 5.69 Å². The zero-order valence-electron chi connectivity index (χ0n) is 10.6. The van der Waals surface area contributed by atoms with Crippen molar-refractivity contribution in [1.29, 1.82) is 0 Å². The molecular formula is C12H11ClN6S. The highest BCUT2D eigenvalue weighted by Gasteiger charge is 2.14. The third-order valence-electron chi connectivity index (χ3n) is 2.65. The second-order valence-corrected chi connectivity index (χ2v) is 5.65. The van der Waals surface area contributed by atoms with Crippen molar-refractivity contribution < 1.29 is 0 Å². The number of hydrogen-bond donors (Lipinski definition) is 1. The van der Waals surface area contributed by atoms with E-state index in [0.29, 0.717) is 22.4 Å². The topological polar surface area (TPSA) is 82.5 Å². The first-order chi connectivity index (χ1) is 9.63. The Morgan fingerprint density at radius 1 is 1.30 bits per heavy atom. The molecule has 2 aromatic heterocycles. The molecule has 0 aliphatic rings. The zero-order chi connectivity index (χ0) is 14.1. The van der Waals surface area contributed by atoms with Crippen LogP contribution >= 0.6 is 22.9 Å².